The predicted molar refractivity (Wildman–Crippen MR) is 48.0 cm³/mol. The lowest BCUT2D eigenvalue weighted by molar-refractivity contribution is -0.142. The Labute approximate surface area is 86.1 Å². The first kappa shape index (κ1) is 12.3. The Morgan fingerprint density at radius 3 is 2.47 bits per heavy atom. The fourth-order valence-electron chi connectivity index (χ4n) is 1.57. The normalized spacial score (nSPS) is 37.9. The van der Waals surface area contributed by atoms with Crippen LogP contribution in [0.4, 0.5) is 0 Å². The summed E-state index contributed by atoms with van der Waals surface area (Å²) in [5, 5.41) is 36.7. The van der Waals surface area contributed by atoms with Gasteiger partial charge < -0.3 is 30.9 Å². The fourth-order valence-corrected chi connectivity index (χ4v) is 1.57. The molecule has 1 aliphatic heterocycles. The standard InChI is InChI=1S/C8H15NO6/c9-2-3(10)8-7(14)6(13)4(15-8)1-5(11)12/h3-4,6-8,10,13-14H,1-2,9H2,(H,11,12)/t3?,4?,6-,7-,8?/m1/s1. The number of carboxylic acid groups (broad SMARTS) is 1. The van der Waals surface area contributed by atoms with Gasteiger partial charge in [-0.05, 0) is 0 Å². The number of aliphatic carboxylic acids is 1. The van der Waals surface area contributed by atoms with Gasteiger partial charge in [-0.3, -0.25) is 4.79 Å². The molecular formula is C8H15NO6. The van der Waals surface area contributed by atoms with E-state index in [-0.39, 0.29) is 6.54 Å². The molecule has 88 valence electrons. The Kier molecular flexibility index (Phi) is 4.00. The molecule has 0 aliphatic carbocycles. The Morgan fingerprint density at radius 1 is 1.40 bits per heavy atom. The molecule has 3 unspecified atom stereocenters. The van der Waals surface area contributed by atoms with E-state index >= 15 is 0 Å². The van der Waals surface area contributed by atoms with Crippen LogP contribution in [0.2, 0.25) is 0 Å². The lowest BCUT2D eigenvalue weighted by Crippen LogP contribution is -2.42. The molecule has 6 N–H and O–H groups in total. The number of ether oxygens (including phenoxy) is 1. The molecule has 1 rings (SSSR count). The monoisotopic (exact) mass is 221 g/mol. The summed E-state index contributed by atoms with van der Waals surface area (Å²) in [6, 6.07) is 0. The van der Waals surface area contributed by atoms with Crippen molar-refractivity contribution in [3.05, 3.63) is 0 Å². The van der Waals surface area contributed by atoms with Gasteiger partial charge in [-0.25, -0.2) is 0 Å². The van der Waals surface area contributed by atoms with E-state index in [1.165, 1.54) is 0 Å². The van der Waals surface area contributed by atoms with E-state index in [4.69, 9.17) is 15.6 Å². The highest BCUT2D eigenvalue weighted by molar-refractivity contribution is 5.67. The van der Waals surface area contributed by atoms with Crippen LogP contribution in [-0.4, -0.2) is 63.5 Å². The number of hydrogen-bond acceptors (Lipinski definition) is 6. The lowest BCUT2D eigenvalue weighted by Gasteiger charge is -2.19. The zero-order valence-corrected chi connectivity index (χ0v) is 7.98. The minimum Gasteiger partial charge on any atom is -0.481 e. The van der Waals surface area contributed by atoms with Gasteiger partial charge in [0, 0.05) is 6.54 Å². The summed E-state index contributed by atoms with van der Waals surface area (Å²) in [4.78, 5) is 10.4. The molecular weight excluding hydrogens is 206 g/mol. The molecule has 0 amide bonds. The maximum Gasteiger partial charge on any atom is 0.306 e. The average Bonchev–Trinajstić information content (AvgIpc) is 2.44. The molecule has 0 aromatic heterocycles. The fraction of sp³-hybridized carbons (Fsp3) is 0.875. The Balaban J connectivity index is 2.62. The van der Waals surface area contributed by atoms with Crippen molar-refractivity contribution >= 4 is 5.97 Å². The molecule has 1 saturated heterocycles. The van der Waals surface area contributed by atoms with E-state index in [9.17, 15) is 20.1 Å². The zero-order chi connectivity index (χ0) is 11.6. The number of carbonyl (C=O) groups is 1. The van der Waals surface area contributed by atoms with Crippen molar-refractivity contribution < 1.29 is 30.0 Å². The van der Waals surface area contributed by atoms with Crippen molar-refractivity contribution in [1.29, 1.82) is 0 Å². The van der Waals surface area contributed by atoms with E-state index in [2.05, 4.69) is 0 Å². The zero-order valence-electron chi connectivity index (χ0n) is 7.98. The van der Waals surface area contributed by atoms with Crippen molar-refractivity contribution in [3.63, 3.8) is 0 Å². The second kappa shape index (κ2) is 4.86. The van der Waals surface area contributed by atoms with Crippen LogP contribution in [0.25, 0.3) is 0 Å². The largest absolute Gasteiger partial charge is 0.481 e. The molecule has 7 nitrogen and oxygen atoms in total. The first-order valence-corrected chi connectivity index (χ1v) is 4.59. The van der Waals surface area contributed by atoms with Gasteiger partial charge in [0.25, 0.3) is 0 Å². The van der Waals surface area contributed by atoms with E-state index in [0.717, 1.165) is 0 Å². The smallest absolute Gasteiger partial charge is 0.306 e. The quantitative estimate of drug-likeness (QED) is 0.348. The minimum atomic E-state index is -1.31. The molecule has 0 aromatic carbocycles. The topological polar surface area (TPSA) is 133 Å². The van der Waals surface area contributed by atoms with Gasteiger partial charge >= 0.3 is 5.97 Å². The molecule has 1 aliphatic rings. The number of aliphatic hydroxyl groups is 3. The van der Waals surface area contributed by atoms with Crippen LogP contribution in [-0.2, 0) is 9.53 Å². The number of hydrogen-bond donors (Lipinski definition) is 5. The molecule has 0 aromatic rings. The molecule has 1 heterocycles. The molecule has 15 heavy (non-hydrogen) atoms. The molecule has 1 fully saturated rings. The number of nitrogens with two attached hydrogens (primary N) is 1. The number of rotatable bonds is 4. The first-order chi connectivity index (χ1) is 6.97. The van der Waals surface area contributed by atoms with Gasteiger partial charge in [0.1, 0.15) is 18.3 Å². The highest BCUT2D eigenvalue weighted by atomic mass is 16.6. The highest BCUT2D eigenvalue weighted by Crippen LogP contribution is 2.25. The summed E-state index contributed by atoms with van der Waals surface area (Å²) >= 11 is 0. The molecule has 7 heteroatoms. The number of aliphatic hydroxyl groups excluding tert-OH is 3. The second-order valence-electron chi connectivity index (χ2n) is 3.52. The van der Waals surface area contributed by atoms with E-state index in [1.54, 1.807) is 0 Å². The Morgan fingerprint density at radius 2 is 2.00 bits per heavy atom. The summed E-state index contributed by atoms with van der Waals surface area (Å²) in [5.74, 6) is -1.14. The van der Waals surface area contributed by atoms with Crippen molar-refractivity contribution in [1.82, 2.24) is 0 Å². The third-order valence-corrected chi connectivity index (χ3v) is 2.40. The van der Waals surface area contributed by atoms with E-state index < -0.39 is 42.9 Å². The Bertz CT molecular complexity index is 235. The van der Waals surface area contributed by atoms with Crippen LogP contribution in [0.1, 0.15) is 6.42 Å². The van der Waals surface area contributed by atoms with Crippen LogP contribution in [0.3, 0.4) is 0 Å². The first-order valence-electron chi connectivity index (χ1n) is 4.59. The van der Waals surface area contributed by atoms with E-state index in [1.807, 2.05) is 0 Å². The van der Waals surface area contributed by atoms with Crippen LogP contribution in [0, 0.1) is 0 Å². The highest BCUT2D eigenvalue weighted by Gasteiger charge is 2.46. The molecule has 0 saturated carbocycles. The third kappa shape index (κ3) is 2.64. The summed E-state index contributed by atoms with van der Waals surface area (Å²) in [5.41, 5.74) is 5.17. The van der Waals surface area contributed by atoms with Crippen molar-refractivity contribution in [2.24, 2.45) is 5.73 Å². The maximum atomic E-state index is 10.4. The van der Waals surface area contributed by atoms with Gasteiger partial charge in [0.2, 0.25) is 0 Å². The van der Waals surface area contributed by atoms with Crippen molar-refractivity contribution in [2.45, 2.75) is 36.9 Å². The Hall–Kier alpha value is -0.730. The van der Waals surface area contributed by atoms with Crippen LogP contribution in [0.15, 0.2) is 0 Å². The van der Waals surface area contributed by atoms with Gasteiger partial charge in [-0.2, -0.15) is 0 Å². The summed E-state index contributed by atoms with van der Waals surface area (Å²) in [7, 11) is 0. The van der Waals surface area contributed by atoms with Crippen molar-refractivity contribution in [2.75, 3.05) is 6.54 Å². The van der Waals surface area contributed by atoms with Crippen LogP contribution in [0.5, 0.6) is 0 Å². The van der Waals surface area contributed by atoms with Gasteiger partial charge in [0.15, 0.2) is 0 Å². The second-order valence-corrected chi connectivity index (χ2v) is 3.52. The van der Waals surface area contributed by atoms with Crippen LogP contribution >= 0.6 is 0 Å². The average molecular weight is 221 g/mol. The van der Waals surface area contributed by atoms with Gasteiger partial charge in [-0.15, -0.1) is 0 Å². The predicted octanol–water partition coefficient (Wildman–Crippen LogP) is -2.73. The molecule has 0 spiro atoms. The lowest BCUT2D eigenvalue weighted by atomic mass is 10.0. The van der Waals surface area contributed by atoms with Gasteiger partial charge in [0.05, 0.1) is 18.6 Å². The van der Waals surface area contributed by atoms with Crippen LogP contribution < -0.4 is 5.73 Å². The summed E-state index contributed by atoms with van der Waals surface area (Å²) < 4.78 is 5.04. The minimum absolute atomic E-state index is 0.131. The third-order valence-electron chi connectivity index (χ3n) is 2.40. The van der Waals surface area contributed by atoms with Crippen molar-refractivity contribution in [3.8, 4) is 0 Å². The molecule has 0 bridgehead atoms. The maximum absolute atomic E-state index is 10.4. The SMILES string of the molecule is NCC(O)C1OC(CC(=O)O)[C@@H](O)[C@H]1O. The number of carboxylic acids is 1. The molecule has 0 radical (unpaired) electrons. The van der Waals surface area contributed by atoms with E-state index in [0.29, 0.717) is 0 Å². The molecule has 5 atom stereocenters. The van der Waals surface area contributed by atoms with Gasteiger partial charge in [-0.1, -0.05) is 0 Å². The summed E-state index contributed by atoms with van der Waals surface area (Å²) in [6.07, 6.45) is -6.21. The summed E-state index contributed by atoms with van der Waals surface area (Å²) in [6.45, 7) is -0.131.